The highest BCUT2D eigenvalue weighted by Gasteiger charge is 2.14. The van der Waals surface area contributed by atoms with Crippen LogP contribution in [0.15, 0.2) is 24.3 Å². The number of hydrogen-bond acceptors (Lipinski definition) is 1. The van der Waals surface area contributed by atoms with Crippen LogP contribution < -0.4 is 5.32 Å². The summed E-state index contributed by atoms with van der Waals surface area (Å²) in [5.74, 6) is 0.793. The second-order valence-electron chi connectivity index (χ2n) is 4.87. The van der Waals surface area contributed by atoms with Crippen molar-refractivity contribution in [1.29, 1.82) is 0 Å². The van der Waals surface area contributed by atoms with Gasteiger partial charge in [0.1, 0.15) is 0 Å². The van der Waals surface area contributed by atoms with E-state index in [0.29, 0.717) is 0 Å². The zero-order chi connectivity index (χ0) is 11.2. The van der Waals surface area contributed by atoms with Gasteiger partial charge < -0.3 is 5.32 Å². The standard InChI is InChI=1S/C15H23N/c1-2-3-4-13-5-7-14(8-6-13)15-9-11-16-12-10-15/h5-8,15-16H,2-4,9-12H2,1H3. The predicted octanol–water partition coefficient (Wildman–Crippen LogP) is 3.50. The van der Waals surface area contributed by atoms with Crippen molar-refractivity contribution in [3.63, 3.8) is 0 Å². The molecule has 1 aromatic carbocycles. The number of nitrogens with one attached hydrogen (secondary N) is 1. The van der Waals surface area contributed by atoms with Gasteiger partial charge in [-0.1, -0.05) is 37.6 Å². The molecule has 1 saturated heterocycles. The number of rotatable bonds is 4. The van der Waals surface area contributed by atoms with Gasteiger partial charge in [0, 0.05) is 0 Å². The van der Waals surface area contributed by atoms with E-state index in [1.165, 1.54) is 50.8 Å². The molecule has 0 aromatic heterocycles. The monoisotopic (exact) mass is 217 g/mol. The van der Waals surface area contributed by atoms with Gasteiger partial charge in [0.05, 0.1) is 0 Å². The van der Waals surface area contributed by atoms with Crippen molar-refractivity contribution in [3.8, 4) is 0 Å². The van der Waals surface area contributed by atoms with Crippen molar-refractivity contribution in [2.75, 3.05) is 13.1 Å². The summed E-state index contributed by atoms with van der Waals surface area (Å²) in [7, 11) is 0. The van der Waals surface area contributed by atoms with Crippen LogP contribution in [0.4, 0.5) is 0 Å². The quantitative estimate of drug-likeness (QED) is 0.814. The molecule has 0 unspecified atom stereocenters. The highest BCUT2D eigenvalue weighted by atomic mass is 14.9. The summed E-state index contributed by atoms with van der Waals surface area (Å²) in [6.07, 6.45) is 6.44. The van der Waals surface area contributed by atoms with E-state index in [1.807, 2.05) is 0 Å². The third kappa shape index (κ3) is 3.08. The molecule has 1 heteroatoms. The van der Waals surface area contributed by atoms with Crippen molar-refractivity contribution < 1.29 is 0 Å². The Kier molecular flexibility index (Phi) is 4.41. The lowest BCUT2D eigenvalue weighted by Gasteiger charge is -2.23. The predicted molar refractivity (Wildman–Crippen MR) is 69.9 cm³/mol. The molecule has 1 fully saturated rings. The Bertz CT molecular complexity index is 296. The molecule has 88 valence electrons. The maximum absolute atomic E-state index is 3.42. The van der Waals surface area contributed by atoms with E-state index < -0.39 is 0 Å². The molecule has 16 heavy (non-hydrogen) atoms. The van der Waals surface area contributed by atoms with Gasteiger partial charge in [0.25, 0.3) is 0 Å². The van der Waals surface area contributed by atoms with E-state index in [0.717, 1.165) is 5.92 Å². The third-order valence-corrected chi connectivity index (χ3v) is 3.61. The summed E-state index contributed by atoms with van der Waals surface area (Å²) in [6.45, 7) is 4.62. The lowest BCUT2D eigenvalue weighted by Crippen LogP contribution is -2.26. The Hall–Kier alpha value is -0.820. The Morgan fingerprint density at radius 1 is 1.12 bits per heavy atom. The van der Waals surface area contributed by atoms with Crippen LogP contribution in [0.25, 0.3) is 0 Å². The first kappa shape index (κ1) is 11.7. The van der Waals surface area contributed by atoms with Gasteiger partial charge in [-0.2, -0.15) is 0 Å². The second-order valence-corrected chi connectivity index (χ2v) is 4.87. The topological polar surface area (TPSA) is 12.0 Å². The van der Waals surface area contributed by atoms with Crippen molar-refractivity contribution in [1.82, 2.24) is 5.32 Å². The number of aryl methyl sites for hydroxylation is 1. The van der Waals surface area contributed by atoms with Crippen molar-refractivity contribution in [3.05, 3.63) is 35.4 Å². The number of benzene rings is 1. The van der Waals surface area contributed by atoms with E-state index in [9.17, 15) is 0 Å². The van der Waals surface area contributed by atoms with Crippen molar-refractivity contribution in [2.45, 2.75) is 44.9 Å². The summed E-state index contributed by atoms with van der Waals surface area (Å²) in [4.78, 5) is 0. The van der Waals surface area contributed by atoms with E-state index in [-0.39, 0.29) is 0 Å². The molecule has 0 saturated carbocycles. The first-order valence-corrected chi connectivity index (χ1v) is 6.69. The third-order valence-electron chi connectivity index (χ3n) is 3.61. The molecular formula is C15H23N. The Morgan fingerprint density at radius 2 is 1.81 bits per heavy atom. The summed E-state index contributed by atoms with van der Waals surface area (Å²) in [5.41, 5.74) is 3.04. The largest absolute Gasteiger partial charge is 0.317 e. The number of piperidine rings is 1. The van der Waals surface area contributed by atoms with Crippen LogP contribution in [0.2, 0.25) is 0 Å². The fourth-order valence-electron chi connectivity index (χ4n) is 2.49. The van der Waals surface area contributed by atoms with Crippen LogP contribution >= 0.6 is 0 Å². The number of unbranched alkanes of at least 4 members (excludes halogenated alkanes) is 1. The molecule has 0 atom stereocenters. The van der Waals surface area contributed by atoms with Gasteiger partial charge in [0.15, 0.2) is 0 Å². The van der Waals surface area contributed by atoms with Crippen LogP contribution in [0.5, 0.6) is 0 Å². The van der Waals surface area contributed by atoms with E-state index in [2.05, 4.69) is 36.5 Å². The normalized spacial score (nSPS) is 17.6. The molecule has 0 bridgehead atoms. The molecular weight excluding hydrogens is 194 g/mol. The zero-order valence-corrected chi connectivity index (χ0v) is 10.3. The molecule has 1 aliphatic rings. The lowest BCUT2D eigenvalue weighted by molar-refractivity contribution is 0.460. The van der Waals surface area contributed by atoms with E-state index in [1.54, 1.807) is 5.56 Å². The first-order chi connectivity index (χ1) is 7.90. The van der Waals surface area contributed by atoms with Gasteiger partial charge in [0.2, 0.25) is 0 Å². The molecule has 1 N–H and O–H groups in total. The average Bonchev–Trinajstić information content (AvgIpc) is 2.38. The molecule has 1 heterocycles. The van der Waals surface area contributed by atoms with Crippen LogP contribution in [0.3, 0.4) is 0 Å². The molecule has 1 aliphatic heterocycles. The fraction of sp³-hybridized carbons (Fsp3) is 0.600. The minimum Gasteiger partial charge on any atom is -0.317 e. The van der Waals surface area contributed by atoms with Crippen LogP contribution in [0, 0.1) is 0 Å². The molecule has 1 nitrogen and oxygen atoms in total. The lowest BCUT2D eigenvalue weighted by atomic mass is 9.89. The second kappa shape index (κ2) is 6.05. The summed E-state index contributed by atoms with van der Waals surface area (Å²) in [5, 5.41) is 3.42. The smallest absolute Gasteiger partial charge is 0.00431 e. The Labute approximate surface area is 99.3 Å². The average molecular weight is 217 g/mol. The van der Waals surface area contributed by atoms with Crippen LogP contribution in [0.1, 0.15) is 49.7 Å². The molecule has 0 amide bonds. The minimum absolute atomic E-state index is 0.793. The summed E-state index contributed by atoms with van der Waals surface area (Å²) >= 11 is 0. The van der Waals surface area contributed by atoms with Gasteiger partial charge in [-0.25, -0.2) is 0 Å². The fourth-order valence-corrected chi connectivity index (χ4v) is 2.49. The van der Waals surface area contributed by atoms with Crippen LogP contribution in [-0.4, -0.2) is 13.1 Å². The maximum atomic E-state index is 3.42. The van der Waals surface area contributed by atoms with Gasteiger partial charge in [-0.15, -0.1) is 0 Å². The van der Waals surface area contributed by atoms with E-state index >= 15 is 0 Å². The highest BCUT2D eigenvalue weighted by molar-refractivity contribution is 5.25. The first-order valence-electron chi connectivity index (χ1n) is 6.69. The molecule has 0 aliphatic carbocycles. The van der Waals surface area contributed by atoms with Gasteiger partial charge in [-0.05, 0) is 55.8 Å². The summed E-state index contributed by atoms with van der Waals surface area (Å²) < 4.78 is 0. The minimum atomic E-state index is 0.793. The molecule has 2 rings (SSSR count). The van der Waals surface area contributed by atoms with E-state index in [4.69, 9.17) is 0 Å². The Morgan fingerprint density at radius 3 is 2.44 bits per heavy atom. The zero-order valence-electron chi connectivity index (χ0n) is 10.3. The molecule has 0 radical (unpaired) electrons. The molecule has 0 spiro atoms. The van der Waals surface area contributed by atoms with Crippen molar-refractivity contribution >= 4 is 0 Å². The number of hydrogen-bond donors (Lipinski definition) is 1. The Balaban J connectivity index is 1.95. The van der Waals surface area contributed by atoms with Gasteiger partial charge >= 0.3 is 0 Å². The van der Waals surface area contributed by atoms with Gasteiger partial charge in [-0.3, -0.25) is 0 Å². The highest BCUT2D eigenvalue weighted by Crippen LogP contribution is 2.25. The van der Waals surface area contributed by atoms with Crippen LogP contribution in [-0.2, 0) is 6.42 Å². The van der Waals surface area contributed by atoms with Crippen molar-refractivity contribution in [2.24, 2.45) is 0 Å². The summed E-state index contributed by atoms with van der Waals surface area (Å²) in [6, 6.07) is 9.35. The maximum Gasteiger partial charge on any atom is -0.00431 e. The molecule has 1 aromatic rings. The SMILES string of the molecule is CCCCc1ccc(C2CCNCC2)cc1.